The maximum Gasteiger partial charge on any atom is 0.508 e. The number of carbonyl (C=O) groups excluding carboxylic acids is 1. The zero-order valence-electron chi connectivity index (χ0n) is 29.0. The van der Waals surface area contributed by atoms with E-state index in [2.05, 4.69) is 38.4 Å². The number of ether oxygens (including phenoxy) is 9. The molecule has 2 unspecified atom stereocenters. The second-order valence-electron chi connectivity index (χ2n) is 10.8. The first kappa shape index (κ1) is 42.3. The molecule has 0 aromatic heterocycles. The van der Waals surface area contributed by atoms with Gasteiger partial charge in [0.25, 0.3) is 14.2 Å². The van der Waals surface area contributed by atoms with E-state index < -0.39 is 25.7 Å². The Morgan fingerprint density at radius 1 is 0.816 bits per heavy atom. The summed E-state index contributed by atoms with van der Waals surface area (Å²) in [5.74, 6) is 0.593. The Hall–Kier alpha value is -2.91. The van der Waals surface area contributed by atoms with Gasteiger partial charge in [0.15, 0.2) is 11.5 Å². The second-order valence-corrected chi connectivity index (χ2v) is 12.3. The van der Waals surface area contributed by atoms with Crippen molar-refractivity contribution in [3.05, 3.63) is 27.8 Å². The number of carbonyl (C=O) groups is 1. The van der Waals surface area contributed by atoms with Crippen molar-refractivity contribution in [1.82, 2.24) is 4.67 Å². The zero-order chi connectivity index (χ0) is 35.9. The van der Waals surface area contributed by atoms with Gasteiger partial charge in [-0.25, -0.2) is 9.46 Å². The number of rotatable bonds is 28. The fraction of sp³-hybridized carbons (Fsp3) is 0.742. The molecule has 0 aliphatic carbocycles. The minimum absolute atomic E-state index is 0.0418. The lowest BCUT2D eigenvalue weighted by molar-refractivity contribution is -0.386. The molecule has 278 valence electrons. The van der Waals surface area contributed by atoms with E-state index in [0.29, 0.717) is 78.2 Å². The summed E-state index contributed by atoms with van der Waals surface area (Å²) in [5, 5.41) is 20.2. The highest BCUT2D eigenvalue weighted by Crippen LogP contribution is 2.46. The summed E-state index contributed by atoms with van der Waals surface area (Å²) in [7, 11) is -1.28. The van der Waals surface area contributed by atoms with Crippen LogP contribution in [0.1, 0.15) is 52.7 Å². The summed E-state index contributed by atoms with van der Waals surface area (Å²) in [6, 6.07) is 5.23. The molecule has 0 amide bonds. The van der Waals surface area contributed by atoms with Crippen LogP contribution in [0.25, 0.3) is 0 Å². The average Bonchev–Trinajstić information content (AvgIpc) is 3.52. The van der Waals surface area contributed by atoms with E-state index in [1.54, 1.807) is 0 Å². The van der Waals surface area contributed by atoms with Crippen LogP contribution in [0.2, 0.25) is 0 Å². The summed E-state index contributed by atoms with van der Waals surface area (Å²) in [6.45, 7) is 14.1. The molecule has 0 spiro atoms. The minimum Gasteiger partial charge on any atom is -0.454 e. The van der Waals surface area contributed by atoms with Crippen molar-refractivity contribution < 1.29 is 61.4 Å². The molecule has 0 radical (unpaired) electrons. The van der Waals surface area contributed by atoms with Crippen LogP contribution in [0, 0.1) is 21.4 Å². The molecule has 0 bridgehead atoms. The Morgan fingerprint density at radius 2 is 1.29 bits per heavy atom. The first-order valence-electron chi connectivity index (χ1n) is 16.2. The lowest BCUT2D eigenvalue weighted by Gasteiger charge is -2.35. The smallest absolute Gasteiger partial charge is 0.454 e. The third kappa shape index (κ3) is 17.0. The number of nitro groups is 1. The summed E-state index contributed by atoms with van der Waals surface area (Å²) in [5.41, 5.74) is -0.0945. The molecule has 0 saturated heterocycles. The van der Waals surface area contributed by atoms with Crippen molar-refractivity contribution >= 4 is 20.4 Å². The number of nitriles is 1. The third-order valence-corrected chi connectivity index (χ3v) is 8.56. The fourth-order valence-electron chi connectivity index (χ4n) is 4.33. The number of nitro benzene ring substituents is 1. The number of fused-ring (bicyclic) bond motifs is 1. The van der Waals surface area contributed by atoms with Crippen LogP contribution in [-0.2, 0) is 42.2 Å². The molecule has 49 heavy (non-hydrogen) atoms. The fourth-order valence-corrected chi connectivity index (χ4v) is 5.90. The molecule has 17 nitrogen and oxygen atoms in total. The molecule has 0 N–H and O–H groups in total. The molecular weight excluding hydrogens is 669 g/mol. The van der Waals surface area contributed by atoms with E-state index in [1.807, 2.05) is 0 Å². The van der Waals surface area contributed by atoms with Crippen LogP contribution in [0.3, 0.4) is 0 Å². The van der Waals surface area contributed by atoms with Gasteiger partial charge in [-0.2, -0.15) is 5.26 Å². The summed E-state index contributed by atoms with van der Waals surface area (Å²) < 4.78 is 61.9. The second kappa shape index (κ2) is 25.1. The highest BCUT2D eigenvalue weighted by atomic mass is 31.2. The molecule has 0 saturated carbocycles. The van der Waals surface area contributed by atoms with E-state index in [1.165, 1.54) is 19.1 Å². The van der Waals surface area contributed by atoms with Gasteiger partial charge in [0.1, 0.15) is 12.7 Å². The molecule has 18 heteroatoms. The van der Waals surface area contributed by atoms with Gasteiger partial charge in [-0.15, -0.1) is 0 Å². The van der Waals surface area contributed by atoms with Crippen molar-refractivity contribution in [3.63, 3.8) is 0 Å². The van der Waals surface area contributed by atoms with Crippen molar-refractivity contribution in [2.24, 2.45) is 0 Å². The topological polar surface area (TPSA) is 189 Å². The van der Waals surface area contributed by atoms with Gasteiger partial charge in [-0.05, 0) is 40.7 Å². The minimum atomic E-state index is -1.28. The lowest BCUT2D eigenvalue weighted by atomic mass is 10.1. The average molecular weight is 720 g/mol. The maximum atomic E-state index is 12.0. The van der Waals surface area contributed by atoms with Crippen LogP contribution in [0.5, 0.6) is 11.5 Å². The van der Waals surface area contributed by atoms with Gasteiger partial charge in [0, 0.05) is 12.1 Å². The van der Waals surface area contributed by atoms with Gasteiger partial charge < -0.3 is 51.7 Å². The first-order chi connectivity index (χ1) is 23.6. The van der Waals surface area contributed by atoms with Crippen LogP contribution < -0.4 is 9.47 Å². The normalized spacial score (nSPS) is 13.5. The van der Waals surface area contributed by atoms with Gasteiger partial charge in [-0.1, -0.05) is 0 Å². The van der Waals surface area contributed by atoms with E-state index in [0.717, 1.165) is 0 Å². The molecule has 2 atom stereocenters. The quantitative estimate of drug-likeness (QED) is 0.0373. The standard InChI is InChI=1S/C31H50N3O14P/c1-24(2)33(25(3)4)49(46-8-6-7-32)47-20-18-42-16-14-40-12-10-38-9-11-39-13-15-41-17-19-43-31(35)48-26(5)27-21-29-30(45-23-44-29)22-28(27)34(36)37/h21-22,24-26H,6,8-20,23H2,1-5H3. The van der Waals surface area contributed by atoms with Crippen LogP contribution in [-0.4, -0.2) is 121 Å². The van der Waals surface area contributed by atoms with Crippen LogP contribution >= 0.6 is 8.53 Å². The molecule has 0 fully saturated rings. The van der Waals surface area contributed by atoms with Gasteiger partial charge in [0.2, 0.25) is 6.79 Å². The van der Waals surface area contributed by atoms with Gasteiger partial charge >= 0.3 is 6.16 Å². The summed E-state index contributed by atoms with van der Waals surface area (Å²) in [6.07, 6.45) is -1.62. The van der Waals surface area contributed by atoms with E-state index in [4.69, 9.17) is 56.9 Å². The van der Waals surface area contributed by atoms with E-state index in [-0.39, 0.29) is 55.7 Å². The van der Waals surface area contributed by atoms with Crippen molar-refractivity contribution in [2.75, 3.05) is 92.7 Å². The van der Waals surface area contributed by atoms with Crippen LogP contribution in [0.4, 0.5) is 10.5 Å². The van der Waals surface area contributed by atoms with Crippen molar-refractivity contribution in [3.8, 4) is 17.6 Å². The predicted molar refractivity (Wildman–Crippen MR) is 175 cm³/mol. The maximum absolute atomic E-state index is 12.0. The predicted octanol–water partition coefficient (Wildman–Crippen LogP) is 4.91. The Labute approximate surface area is 288 Å². The number of benzene rings is 1. The zero-order valence-corrected chi connectivity index (χ0v) is 29.9. The summed E-state index contributed by atoms with van der Waals surface area (Å²) in [4.78, 5) is 22.9. The van der Waals surface area contributed by atoms with Crippen LogP contribution in [0.15, 0.2) is 12.1 Å². The van der Waals surface area contributed by atoms with Gasteiger partial charge in [0.05, 0.1) is 108 Å². The van der Waals surface area contributed by atoms with Crippen molar-refractivity contribution in [2.45, 2.75) is 59.2 Å². The molecule has 2 rings (SSSR count). The monoisotopic (exact) mass is 719 g/mol. The number of hydrogen-bond acceptors (Lipinski definition) is 16. The largest absolute Gasteiger partial charge is 0.508 e. The molecule has 1 aromatic carbocycles. The Bertz CT molecular complexity index is 1130. The molecule has 1 aliphatic heterocycles. The number of hydrogen-bond donors (Lipinski definition) is 0. The van der Waals surface area contributed by atoms with Crippen molar-refractivity contribution in [1.29, 1.82) is 5.26 Å². The van der Waals surface area contributed by atoms with E-state index >= 15 is 0 Å². The molecule has 1 heterocycles. The Morgan fingerprint density at radius 3 is 1.78 bits per heavy atom. The number of nitrogens with zero attached hydrogens (tertiary/aromatic N) is 3. The highest BCUT2D eigenvalue weighted by molar-refractivity contribution is 7.44. The molecule has 1 aromatic rings. The first-order valence-corrected chi connectivity index (χ1v) is 17.3. The van der Waals surface area contributed by atoms with Gasteiger partial charge in [-0.3, -0.25) is 10.1 Å². The summed E-state index contributed by atoms with van der Waals surface area (Å²) >= 11 is 0. The lowest BCUT2D eigenvalue weighted by Crippen LogP contribution is -2.34. The molecular formula is C31H50N3O14P. The third-order valence-electron chi connectivity index (χ3n) is 6.46. The Kier molecular flexibility index (Phi) is 21.6. The van der Waals surface area contributed by atoms with E-state index in [9.17, 15) is 14.9 Å². The SMILES string of the molecule is CC(OC(=O)OCCOCCOCCOCCOCCOCCOP(OCCC#N)N(C(C)C)C(C)C)c1cc2c(cc1[N+](=O)[O-])OCO2. The molecule has 1 aliphatic rings. The highest BCUT2D eigenvalue weighted by Gasteiger charge is 2.29. The Balaban J connectivity index is 1.40.